The molecule has 0 unspecified atom stereocenters. The Morgan fingerprint density at radius 2 is 2.09 bits per heavy atom. The third-order valence-electron chi connectivity index (χ3n) is 6.04. The first kappa shape index (κ1) is 23.0. The Hall–Kier alpha value is -3.20. The van der Waals surface area contributed by atoms with E-state index in [1.165, 1.54) is 22.2 Å². The van der Waals surface area contributed by atoms with Crippen LogP contribution in [0.3, 0.4) is 0 Å². The van der Waals surface area contributed by atoms with Crippen LogP contribution in [0.1, 0.15) is 40.6 Å². The van der Waals surface area contributed by atoms with Gasteiger partial charge in [0.15, 0.2) is 0 Å². The van der Waals surface area contributed by atoms with Crippen molar-refractivity contribution in [2.75, 3.05) is 25.5 Å². The number of aromatic nitrogens is 2. The number of methoxy groups -OCH3 is 1. The molecule has 2 amide bonds. The third-order valence-corrected chi connectivity index (χ3v) is 7.24. The lowest BCUT2D eigenvalue weighted by Gasteiger charge is -2.31. The second-order valence-electron chi connectivity index (χ2n) is 8.66. The highest BCUT2D eigenvalue weighted by atomic mass is 32.1. The highest BCUT2D eigenvalue weighted by Crippen LogP contribution is 2.30. The van der Waals surface area contributed by atoms with E-state index in [2.05, 4.69) is 17.2 Å². The molecule has 1 fully saturated rings. The molecule has 1 aliphatic heterocycles. The van der Waals surface area contributed by atoms with E-state index in [0.717, 1.165) is 24.9 Å². The van der Waals surface area contributed by atoms with Crippen molar-refractivity contribution in [3.63, 3.8) is 0 Å². The number of fused-ring (bicyclic) bond motifs is 1. The molecule has 3 aromatic rings. The van der Waals surface area contributed by atoms with Crippen molar-refractivity contribution in [1.29, 1.82) is 0 Å². The first-order valence-corrected chi connectivity index (χ1v) is 11.8. The number of carbonyl (C=O) groups excluding carboxylic acids is 2. The van der Waals surface area contributed by atoms with Crippen molar-refractivity contribution in [2.24, 2.45) is 5.92 Å². The topological polar surface area (TPSA) is 93.5 Å². The number of hydrogen-bond donors (Lipinski definition) is 1. The number of rotatable bonds is 5. The van der Waals surface area contributed by atoms with Gasteiger partial charge in [0.25, 0.3) is 11.5 Å². The summed E-state index contributed by atoms with van der Waals surface area (Å²) >= 11 is 1.17. The predicted octanol–water partition coefficient (Wildman–Crippen LogP) is 3.59. The second-order valence-corrected chi connectivity index (χ2v) is 9.66. The van der Waals surface area contributed by atoms with Crippen molar-refractivity contribution in [1.82, 2.24) is 14.5 Å². The van der Waals surface area contributed by atoms with Crippen molar-refractivity contribution in [3.05, 3.63) is 50.9 Å². The summed E-state index contributed by atoms with van der Waals surface area (Å²) in [5.74, 6) is 0.608. The van der Waals surface area contributed by atoms with Gasteiger partial charge >= 0.3 is 0 Å². The van der Waals surface area contributed by atoms with Gasteiger partial charge in [-0.2, -0.15) is 0 Å². The number of carbonyl (C=O) groups is 2. The monoisotopic (exact) mass is 468 g/mol. The number of anilines is 1. The minimum Gasteiger partial charge on any atom is -0.495 e. The lowest BCUT2D eigenvalue weighted by molar-refractivity contribution is -0.133. The number of amides is 2. The summed E-state index contributed by atoms with van der Waals surface area (Å²) in [6, 6.07) is 5.53. The van der Waals surface area contributed by atoms with Gasteiger partial charge < -0.3 is 15.0 Å². The lowest BCUT2D eigenvalue weighted by atomic mass is 10.0. The van der Waals surface area contributed by atoms with Crippen molar-refractivity contribution >= 4 is 39.1 Å². The molecule has 1 aromatic carbocycles. The van der Waals surface area contributed by atoms with Crippen molar-refractivity contribution < 1.29 is 14.3 Å². The number of hydrogen-bond acceptors (Lipinski definition) is 6. The Morgan fingerprint density at radius 3 is 2.82 bits per heavy atom. The molecule has 0 bridgehead atoms. The number of nitrogens with one attached hydrogen (secondary N) is 1. The molecule has 0 spiro atoms. The number of likely N-dealkylation sites (tertiary alicyclic amines) is 1. The van der Waals surface area contributed by atoms with Crippen LogP contribution in [0.4, 0.5) is 5.69 Å². The molecule has 33 heavy (non-hydrogen) atoms. The van der Waals surface area contributed by atoms with E-state index in [1.54, 1.807) is 20.1 Å². The van der Waals surface area contributed by atoms with E-state index >= 15 is 0 Å². The molecule has 8 nitrogen and oxygen atoms in total. The van der Waals surface area contributed by atoms with Gasteiger partial charge in [0.1, 0.15) is 17.1 Å². The largest absolute Gasteiger partial charge is 0.495 e. The molecule has 4 rings (SSSR count). The summed E-state index contributed by atoms with van der Waals surface area (Å²) in [6.45, 7) is 7.19. The molecule has 0 saturated carbocycles. The SMILES string of the molecule is COc1ccc(C)cc1NC(=O)c1sc2ncn(CC(=O)N3CCC[C@H](C)C3)c(=O)c2c1C. The number of thiophene rings is 1. The van der Waals surface area contributed by atoms with E-state index in [9.17, 15) is 14.4 Å². The quantitative estimate of drug-likeness (QED) is 0.618. The Labute approximate surface area is 196 Å². The normalized spacial score (nSPS) is 16.1. The zero-order valence-corrected chi connectivity index (χ0v) is 20.1. The molecule has 1 atom stereocenters. The van der Waals surface area contributed by atoms with Crippen LogP contribution < -0.4 is 15.6 Å². The number of aryl methyl sites for hydroxylation is 2. The Bertz CT molecular complexity index is 1280. The molecular weight excluding hydrogens is 440 g/mol. The van der Waals surface area contributed by atoms with Gasteiger partial charge in [-0.05, 0) is 55.9 Å². The van der Waals surface area contributed by atoms with Crippen LogP contribution in [0, 0.1) is 19.8 Å². The number of piperidine rings is 1. The Balaban J connectivity index is 1.61. The first-order chi connectivity index (χ1) is 15.8. The van der Waals surface area contributed by atoms with Crippen molar-refractivity contribution in [2.45, 2.75) is 40.2 Å². The van der Waals surface area contributed by atoms with Gasteiger partial charge in [-0.15, -0.1) is 11.3 Å². The van der Waals surface area contributed by atoms with Crippen LogP contribution in [-0.2, 0) is 11.3 Å². The first-order valence-electron chi connectivity index (χ1n) is 11.0. The molecule has 0 aliphatic carbocycles. The van der Waals surface area contributed by atoms with Gasteiger partial charge in [0, 0.05) is 13.1 Å². The molecule has 3 heterocycles. The summed E-state index contributed by atoms with van der Waals surface area (Å²) in [5.41, 5.74) is 1.80. The third kappa shape index (κ3) is 4.64. The zero-order valence-electron chi connectivity index (χ0n) is 19.3. The van der Waals surface area contributed by atoms with Gasteiger partial charge in [0.05, 0.1) is 29.4 Å². The smallest absolute Gasteiger partial charge is 0.266 e. The zero-order chi connectivity index (χ0) is 23.7. The number of nitrogens with zero attached hydrogens (tertiary/aromatic N) is 3. The molecule has 1 N–H and O–H groups in total. The molecule has 9 heteroatoms. The maximum absolute atomic E-state index is 13.2. The molecule has 1 saturated heterocycles. The van der Waals surface area contributed by atoms with Crippen molar-refractivity contribution in [3.8, 4) is 5.75 Å². The Kier molecular flexibility index (Phi) is 6.51. The summed E-state index contributed by atoms with van der Waals surface area (Å²) in [6.07, 6.45) is 3.49. The van der Waals surface area contributed by atoms with Crippen LogP contribution in [-0.4, -0.2) is 46.5 Å². The second kappa shape index (κ2) is 9.35. The summed E-state index contributed by atoms with van der Waals surface area (Å²) in [5, 5.41) is 3.26. The van der Waals surface area contributed by atoms with Crippen LogP contribution in [0.25, 0.3) is 10.2 Å². The predicted molar refractivity (Wildman–Crippen MR) is 129 cm³/mol. The number of ether oxygens (including phenoxy) is 1. The minimum atomic E-state index is -0.330. The molecular formula is C24H28N4O4S. The van der Waals surface area contributed by atoms with E-state index in [4.69, 9.17) is 4.74 Å². The molecule has 0 radical (unpaired) electrons. The maximum atomic E-state index is 13.2. The van der Waals surface area contributed by atoms with E-state index in [1.807, 2.05) is 24.0 Å². The summed E-state index contributed by atoms with van der Waals surface area (Å²) < 4.78 is 6.68. The fraction of sp³-hybridized carbons (Fsp3) is 0.417. The highest BCUT2D eigenvalue weighted by molar-refractivity contribution is 7.20. The standard InChI is InChI=1S/C24H28N4O4S/c1-14-7-8-18(32-4)17(10-14)26-22(30)21-16(3)20-23(33-21)25-13-28(24(20)31)12-19(29)27-9-5-6-15(2)11-27/h7-8,10,13,15H,5-6,9,11-12H2,1-4H3,(H,26,30)/t15-/m0/s1. The van der Waals surface area contributed by atoms with Gasteiger partial charge in [-0.1, -0.05) is 13.0 Å². The minimum absolute atomic E-state index is 0.0498. The fourth-order valence-electron chi connectivity index (χ4n) is 4.25. The van der Waals surface area contributed by atoms with Crippen LogP contribution in [0.5, 0.6) is 5.75 Å². The van der Waals surface area contributed by atoms with Crippen LogP contribution >= 0.6 is 11.3 Å². The van der Waals surface area contributed by atoms with Gasteiger partial charge in [-0.3, -0.25) is 19.0 Å². The highest BCUT2D eigenvalue weighted by Gasteiger charge is 2.24. The maximum Gasteiger partial charge on any atom is 0.266 e. The number of benzene rings is 1. The summed E-state index contributed by atoms with van der Waals surface area (Å²) in [7, 11) is 1.54. The molecule has 1 aliphatic rings. The molecule has 2 aromatic heterocycles. The Morgan fingerprint density at radius 1 is 1.30 bits per heavy atom. The van der Waals surface area contributed by atoms with E-state index < -0.39 is 0 Å². The summed E-state index contributed by atoms with van der Waals surface area (Å²) in [4.78, 5) is 46.1. The fourth-order valence-corrected chi connectivity index (χ4v) is 5.28. The van der Waals surface area contributed by atoms with E-state index in [-0.39, 0.29) is 23.9 Å². The average molecular weight is 469 g/mol. The average Bonchev–Trinajstić information content (AvgIpc) is 3.13. The lowest BCUT2D eigenvalue weighted by Crippen LogP contribution is -2.42. The molecule has 174 valence electrons. The van der Waals surface area contributed by atoms with Crippen LogP contribution in [0.2, 0.25) is 0 Å². The van der Waals surface area contributed by atoms with Crippen LogP contribution in [0.15, 0.2) is 29.3 Å². The van der Waals surface area contributed by atoms with E-state index in [0.29, 0.717) is 44.6 Å². The van der Waals surface area contributed by atoms with Gasteiger partial charge in [-0.25, -0.2) is 4.98 Å². The van der Waals surface area contributed by atoms with Gasteiger partial charge in [0.2, 0.25) is 5.91 Å².